The van der Waals surface area contributed by atoms with Crippen molar-refractivity contribution in [3.05, 3.63) is 29.6 Å². The van der Waals surface area contributed by atoms with E-state index in [0.717, 1.165) is 29.8 Å². The molecule has 0 aliphatic carbocycles. The quantitative estimate of drug-likeness (QED) is 0.806. The molecule has 0 unspecified atom stereocenters. The Morgan fingerprint density at radius 3 is 2.94 bits per heavy atom. The third-order valence-electron chi connectivity index (χ3n) is 2.80. The van der Waals surface area contributed by atoms with Crippen molar-refractivity contribution < 1.29 is 4.74 Å². The Morgan fingerprint density at radius 1 is 1.47 bits per heavy atom. The second kappa shape index (κ2) is 4.98. The summed E-state index contributed by atoms with van der Waals surface area (Å²) in [5, 5.41) is 8.87. The molecule has 4 heteroatoms. The minimum atomic E-state index is 0.650. The lowest BCUT2D eigenvalue weighted by atomic mass is 10.2. The van der Waals surface area contributed by atoms with Crippen LogP contribution in [-0.4, -0.2) is 23.3 Å². The van der Waals surface area contributed by atoms with Crippen molar-refractivity contribution in [1.29, 1.82) is 5.26 Å². The van der Waals surface area contributed by atoms with Gasteiger partial charge in [-0.15, -0.1) is 0 Å². The molecule has 0 N–H and O–H groups in total. The Balaban J connectivity index is 2.50. The molecule has 0 spiro atoms. The summed E-state index contributed by atoms with van der Waals surface area (Å²) in [6, 6.07) is 7.75. The molecular formula is C13H15N3O. The minimum Gasteiger partial charge on any atom is -0.384 e. The second-order valence-corrected chi connectivity index (χ2v) is 3.83. The van der Waals surface area contributed by atoms with Gasteiger partial charge in [-0.25, -0.2) is 4.98 Å². The fraction of sp³-hybridized carbons (Fsp3) is 0.385. The van der Waals surface area contributed by atoms with E-state index in [2.05, 4.69) is 22.5 Å². The van der Waals surface area contributed by atoms with Gasteiger partial charge in [-0.05, 0) is 25.1 Å². The van der Waals surface area contributed by atoms with Crippen LogP contribution in [0.3, 0.4) is 0 Å². The highest BCUT2D eigenvalue weighted by Crippen LogP contribution is 2.18. The SMILES string of the molecule is CCn1c(CCOC)nc2cc(C#N)ccc21. The fourth-order valence-electron chi connectivity index (χ4n) is 1.99. The molecule has 1 heterocycles. The first-order chi connectivity index (χ1) is 8.30. The predicted octanol–water partition coefficient (Wildman–Crippen LogP) is 2.12. The molecule has 0 aliphatic heterocycles. The molecule has 0 radical (unpaired) electrons. The monoisotopic (exact) mass is 229 g/mol. The average Bonchev–Trinajstić information content (AvgIpc) is 2.72. The molecule has 0 aliphatic rings. The summed E-state index contributed by atoms with van der Waals surface area (Å²) in [4.78, 5) is 4.56. The van der Waals surface area contributed by atoms with Crippen LogP contribution in [-0.2, 0) is 17.7 Å². The van der Waals surface area contributed by atoms with Crippen molar-refractivity contribution in [2.75, 3.05) is 13.7 Å². The summed E-state index contributed by atoms with van der Waals surface area (Å²) < 4.78 is 7.24. The van der Waals surface area contributed by atoms with E-state index in [1.807, 2.05) is 18.2 Å². The highest BCUT2D eigenvalue weighted by molar-refractivity contribution is 5.77. The lowest BCUT2D eigenvalue weighted by Crippen LogP contribution is -2.05. The van der Waals surface area contributed by atoms with Gasteiger partial charge in [-0.2, -0.15) is 5.26 Å². The van der Waals surface area contributed by atoms with Gasteiger partial charge in [0.05, 0.1) is 29.3 Å². The zero-order valence-electron chi connectivity index (χ0n) is 10.1. The lowest BCUT2D eigenvalue weighted by molar-refractivity contribution is 0.199. The van der Waals surface area contributed by atoms with Gasteiger partial charge >= 0.3 is 0 Å². The highest BCUT2D eigenvalue weighted by atomic mass is 16.5. The Labute approximate surface area is 100 Å². The van der Waals surface area contributed by atoms with Gasteiger partial charge in [0.25, 0.3) is 0 Å². The van der Waals surface area contributed by atoms with E-state index in [4.69, 9.17) is 10.00 Å². The first kappa shape index (κ1) is 11.6. The molecule has 0 bridgehead atoms. The second-order valence-electron chi connectivity index (χ2n) is 3.83. The number of hydrogen-bond donors (Lipinski definition) is 0. The maximum Gasteiger partial charge on any atom is 0.112 e. The van der Waals surface area contributed by atoms with E-state index < -0.39 is 0 Å². The summed E-state index contributed by atoms with van der Waals surface area (Å²) in [5.41, 5.74) is 2.62. The number of nitrogens with zero attached hydrogens (tertiary/aromatic N) is 3. The van der Waals surface area contributed by atoms with Crippen LogP contribution in [0.4, 0.5) is 0 Å². The van der Waals surface area contributed by atoms with Crippen molar-refractivity contribution in [3.63, 3.8) is 0 Å². The number of nitriles is 1. The molecule has 1 aromatic heterocycles. The predicted molar refractivity (Wildman–Crippen MR) is 65.7 cm³/mol. The van der Waals surface area contributed by atoms with E-state index in [1.165, 1.54) is 0 Å². The van der Waals surface area contributed by atoms with Crippen molar-refractivity contribution in [3.8, 4) is 6.07 Å². The Hall–Kier alpha value is -1.86. The van der Waals surface area contributed by atoms with E-state index >= 15 is 0 Å². The van der Waals surface area contributed by atoms with E-state index in [9.17, 15) is 0 Å². The van der Waals surface area contributed by atoms with Crippen LogP contribution in [0.2, 0.25) is 0 Å². The number of fused-ring (bicyclic) bond motifs is 1. The van der Waals surface area contributed by atoms with Crippen LogP contribution < -0.4 is 0 Å². The summed E-state index contributed by atoms with van der Waals surface area (Å²) >= 11 is 0. The van der Waals surface area contributed by atoms with Crippen molar-refractivity contribution >= 4 is 11.0 Å². The highest BCUT2D eigenvalue weighted by Gasteiger charge is 2.09. The van der Waals surface area contributed by atoms with Gasteiger partial charge in [-0.1, -0.05) is 0 Å². The molecule has 0 saturated heterocycles. The lowest BCUT2D eigenvalue weighted by Gasteiger charge is -2.04. The molecule has 0 fully saturated rings. The summed E-state index contributed by atoms with van der Waals surface area (Å²) in [6.45, 7) is 3.63. The Bertz CT molecular complexity index is 566. The number of imidazole rings is 1. The zero-order chi connectivity index (χ0) is 12.3. The number of aromatic nitrogens is 2. The summed E-state index contributed by atoms with van der Waals surface area (Å²) in [6.07, 6.45) is 0.793. The maximum absolute atomic E-state index is 8.87. The minimum absolute atomic E-state index is 0.650. The maximum atomic E-state index is 8.87. The van der Waals surface area contributed by atoms with Crippen molar-refractivity contribution in [1.82, 2.24) is 9.55 Å². The molecule has 2 rings (SSSR count). The van der Waals surface area contributed by atoms with Crippen molar-refractivity contribution in [2.24, 2.45) is 0 Å². The van der Waals surface area contributed by atoms with Crippen LogP contribution >= 0.6 is 0 Å². The molecule has 1 aromatic carbocycles. The number of benzene rings is 1. The first-order valence-electron chi connectivity index (χ1n) is 5.68. The van der Waals surface area contributed by atoms with Gasteiger partial charge in [0, 0.05) is 20.1 Å². The van der Waals surface area contributed by atoms with Crippen LogP contribution in [0.25, 0.3) is 11.0 Å². The molecule has 0 amide bonds. The number of hydrogen-bond acceptors (Lipinski definition) is 3. The third-order valence-corrected chi connectivity index (χ3v) is 2.80. The van der Waals surface area contributed by atoms with Crippen LogP contribution in [0.15, 0.2) is 18.2 Å². The molecule has 17 heavy (non-hydrogen) atoms. The van der Waals surface area contributed by atoms with Crippen LogP contribution in [0, 0.1) is 11.3 Å². The Morgan fingerprint density at radius 2 is 2.29 bits per heavy atom. The summed E-state index contributed by atoms with van der Waals surface area (Å²) in [5.74, 6) is 1.01. The first-order valence-corrected chi connectivity index (χ1v) is 5.68. The standard InChI is InChI=1S/C13H15N3O/c1-3-16-12-5-4-10(9-14)8-11(12)15-13(16)6-7-17-2/h4-5,8H,3,6-7H2,1-2H3. The molecule has 88 valence electrons. The van der Waals surface area contributed by atoms with E-state index in [1.54, 1.807) is 7.11 Å². The van der Waals surface area contributed by atoms with Crippen LogP contribution in [0.5, 0.6) is 0 Å². The third kappa shape index (κ3) is 2.15. The van der Waals surface area contributed by atoms with E-state index in [-0.39, 0.29) is 0 Å². The van der Waals surface area contributed by atoms with Gasteiger partial charge in [-0.3, -0.25) is 0 Å². The molecular weight excluding hydrogens is 214 g/mol. The fourth-order valence-corrected chi connectivity index (χ4v) is 1.99. The molecule has 0 saturated carbocycles. The van der Waals surface area contributed by atoms with Gasteiger partial charge in [0.1, 0.15) is 5.82 Å². The topological polar surface area (TPSA) is 50.8 Å². The molecule has 4 nitrogen and oxygen atoms in total. The average molecular weight is 229 g/mol. The van der Waals surface area contributed by atoms with Gasteiger partial charge < -0.3 is 9.30 Å². The Kier molecular flexibility index (Phi) is 3.40. The van der Waals surface area contributed by atoms with Gasteiger partial charge in [0.15, 0.2) is 0 Å². The van der Waals surface area contributed by atoms with Gasteiger partial charge in [0.2, 0.25) is 0 Å². The number of ether oxygens (including phenoxy) is 1. The zero-order valence-corrected chi connectivity index (χ0v) is 10.1. The normalized spacial score (nSPS) is 10.6. The largest absolute Gasteiger partial charge is 0.384 e. The number of aryl methyl sites for hydroxylation is 1. The smallest absolute Gasteiger partial charge is 0.112 e. The number of rotatable bonds is 4. The summed E-state index contributed by atoms with van der Waals surface area (Å²) in [7, 11) is 1.69. The van der Waals surface area contributed by atoms with Crippen LogP contribution in [0.1, 0.15) is 18.3 Å². The molecule has 0 atom stereocenters. The van der Waals surface area contributed by atoms with E-state index in [0.29, 0.717) is 12.2 Å². The molecule has 2 aromatic rings. The van der Waals surface area contributed by atoms with Crippen molar-refractivity contribution in [2.45, 2.75) is 19.9 Å². The number of methoxy groups -OCH3 is 1.